The zero-order chi connectivity index (χ0) is 14.7. The van der Waals surface area contributed by atoms with Crippen molar-refractivity contribution in [3.05, 3.63) is 36.0 Å². The molecule has 2 heterocycles. The second kappa shape index (κ2) is 6.10. The van der Waals surface area contributed by atoms with Gasteiger partial charge in [-0.15, -0.1) is 0 Å². The molecule has 0 radical (unpaired) electrons. The standard InChI is InChI=1S/C16H20N4O/c1-2-20-9-7-12(8-10-20)18-19-16(21)14-11-17-15-6-4-3-5-13(14)15/h3-6,11,17H,2,7-10H2,1H3,(H,19,21). The minimum absolute atomic E-state index is 0.155. The summed E-state index contributed by atoms with van der Waals surface area (Å²) in [6, 6.07) is 7.77. The highest BCUT2D eigenvalue weighted by atomic mass is 16.2. The molecule has 110 valence electrons. The van der Waals surface area contributed by atoms with Gasteiger partial charge in [-0.2, -0.15) is 5.10 Å². The first-order chi connectivity index (χ1) is 10.3. The lowest BCUT2D eigenvalue weighted by Crippen LogP contribution is -2.34. The number of hydrogen-bond donors (Lipinski definition) is 2. The first-order valence-electron chi connectivity index (χ1n) is 7.42. The topological polar surface area (TPSA) is 60.5 Å². The quantitative estimate of drug-likeness (QED) is 0.850. The van der Waals surface area contributed by atoms with Crippen LogP contribution in [0.25, 0.3) is 10.9 Å². The molecular weight excluding hydrogens is 264 g/mol. The van der Waals surface area contributed by atoms with Crippen LogP contribution in [0.4, 0.5) is 0 Å². The number of aromatic nitrogens is 1. The van der Waals surface area contributed by atoms with Crippen molar-refractivity contribution in [1.82, 2.24) is 15.3 Å². The maximum Gasteiger partial charge on any atom is 0.273 e. The minimum Gasteiger partial charge on any atom is -0.360 e. The fraction of sp³-hybridized carbons (Fsp3) is 0.375. The Morgan fingerprint density at radius 1 is 1.33 bits per heavy atom. The van der Waals surface area contributed by atoms with E-state index >= 15 is 0 Å². The van der Waals surface area contributed by atoms with Crippen molar-refractivity contribution in [2.45, 2.75) is 19.8 Å². The number of para-hydroxylation sites is 1. The van der Waals surface area contributed by atoms with Crippen LogP contribution in [0.2, 0.25) is 0 Å². The molecule has 21 heavy (non-hydrogen) atoms. The summed E-state index contributed by atoms with van der Waals surface area (Å²) in [6.45, 7) is 5.30. The van der Waals surface area contributed by atoms with Crippen molar-refractivity contribution in [3.63, 3.8) is 0 Å². The van der Waals surface area contributed by atoms with Gasteiger partial charge in [0.2, 0.25) is 0 Å². The smallest absolute Gasteiger partial charge is 0.273 e. The van der Waals surface area contributed by atoms with Gasteiger partial charge in [0.05, 0.1) is 5.56 Å². The van der Waals surface area contributed by atoms with Crippen LogP contribution in [-0.4, -0.2) is 41.1 Å². The van der Waals surface area contributed by atoms with E-state index in [-0.39, 0.29) is 5.91 Å². The van der Waals surface area contributed by atoms with Gasteiger partial charge in [0, 0.05) is 48.7 Å². The number of likely N-dealkylation sites (tertiary alicyclic amines) is 1. The number of aromatic amines is 1. The number of rotatable bonds is 3. The molecule has 2 aromatic rings. The van der Waals surface area contributed by atoms with E-state index in [2.05, 4.69) is 27.3 Å². The molecule has 0 atom stereocenters. The molecule has 1 aromatic carbocycles. The number of hydrogen-bond acceptors (Lipinski definition) is 3. The number of carbonyl (C=O) groups excluding carboxylic acids is 1. The van der Waals surface area contributed by atoms with E-state index in [0.29, 0.717) is 5.56 Å². The molecule has 0 bridgehead atoms. The molecule has 1 saturated heterocycles. The third kappa shape index (κ3) is 2.97. The number of carbonyl (C=O) groups is 1. The lowest BCUT2D eigenvalue weighted by atomic mass is 10.1. The Morgan fingerprint density at radius 2 is 2.10 bits per heavy atom. The summed E-state index contributed by atoms with van der Waals surface area (Å²) in [5, 5.41) is 5.22. The molecule has 0 saturated carbocycles. The second-order valence-corrected chi connectivity index (χ2v) is 5.30. The molecular formula is C16H20N4O. The molecule has 0 spiro atoms. The molecule has 5 heteroatoms. The number of nitrogens with one attached hydrogen (secondary N) is 2. The summed E-state index contributed by atoms with van der Waals surface area (Å²) in [5.74, 6) is -0.155. The van der Waals surface area contributed by atoms with Crippen LogP contribution < -0.4 is 5.43 Å². The highest BCUT2D eigenvalue weighted by Crippen LogP contribution is 2.17. The summed E-state index contributed by atoms with van der Waals surface area (Å²) in [7, 11) is 0. The highest BCUT2D eigenvalue weighted by molar-refractivity contribution is 6.07. The average Bonchev–Trinajstić information content (AvgIpc) is 2.97. The van der Waals surface area contributed by atoms with E-state index in [1.165, 1.54) is 0 Å². The van der Waals surface area contributed by atoms with Crippen molar-refractivity contribution in [2.24, 2.45) is 5.10 Å². The Kier molecular flexibility index (Phi) is 4.01. The SMILES string of the molecule is CCN1CCC(=NNC(=O)c2c[nH]c3ccccc23)CC1. The maximum absolute atomic E-state index is 12.2. The number of piperidine rings is 1. The summed E-state index contributed by atoms with van der Waals surface area (Å²) >= 11 is 0. The van der Waals surface area contributed by atoms with E-state index < -0.39 is 0 Å². The van der Waals surface area contributed by atoms with E-state index in [0.717, 1.165) is 49.1 Å². The van der Waals surface area contributed by atoms with Crippen LogP contribution in [0.1, 0.15) is 30.1 Å². The van der Waals surface area contributed by atoms with Gasteiger partial charge in [-0.1, -0.05) is 25.1 Å². The molecule has 1 aromatic heterocycles. The summed E-state index contributed by atoms with van der Waals surface area (Å²) in [5.41, 5.74) is 5.37. The molecule has 1 aliphatic heterocycles. The number of H-pyrrole nitrogens is 1. The van der Waals surface area contributed by atoms with Crippen LogP contribution in [0, 0.1) is 0 Å². The van der Waals surface area contributed by atoms with E-state index in [9.17, 15) is 4.79 Å². The normalized spacial score (nSPS) is 16.1. The number of hydrazone groups is 1. The number of fused-ring (bicyclic) bond motifs is 1. The van der Waals surface area contributed by atoms with Gasteiger partial charge >= 0.3 is 0 Å². The number of amides is 1. The highest BCUT2D eigenvalue weighted by Gasteiger charge is 2.15. The first-order valence-corrected chi connectivity index (χ1v) is 7.42. The van der Waals surface area contributed by atoms with E-state index in [1.54, 1.807) is 6.20 Å². The molecule has 5 nitrogen and oxygen atoms in total. The lowest BCUT2D eigenvalue weighted by Gasteiger charge is -2.25. The van der Waals surface area contributed by atoms with Gasteiger partial charge in [0.15, 0.2) is 0 Å². The Bertz CT molecular complexity index is 664. The van der Waals surface area contributed by atoms with Gasteiger partial charge in [-0.3, -0.25) is 4.79 Å². The Morgan fingerprint density at radius 3 is 2.86 bits per heavy atom. The van der Waals surface area contributed by atoms with Crippen molar-refractivity contribution < 1.29 is 4.79 Å². The van der Waals surface area contributed by atoms with Crippen LogP contribution >= 0.6 is 0 Å². The van der Waals surface area contributed by atoms with Gasteiger partial charge < -0.3 is 9.88 Å². The molecule has 1 aliphatic rings. The zero-order valence-electron chi connectivity index (χ0n) is 12.2. The predicted molar refractivity (Wildman–Crippen MR) is 84.5 cm³/mol. The molecule has 1 fully saturated rings. The van der Waals surface area contributed by atoms with Crippen LogP contribution in [-0.2, 0) is 0 Å². The molecule has 2 N–H and O–H groups in total. The second-order valence-electron chi connectivity index (χ2n) is 5.30. The van der Waals surface area contributed by atoms with Gasteiger partial charge in [-0.05, 0) is 12.6 Å². The third-order valence-electron chi connectivity index (χ3n) is 4.03. The summed E-state index contributed by atoms with van der Waals surface area (Å²) in [4.78, 5) is 17.7. The number of nitrogens with zero attached hydrogens (tertiary/aromatic N) is 2. The van der Waals surface area contributed by atoms with Crippen molar-refractivity contribution in [1.29, 1.82) is 0 Å². The number of benzene rings is 1. The minimum atomic E-state index is -0.155. The zero-order valence-corrected chi connectivity index (χ0v) is 12.2. The monoisotopic (exact) mass is 284 g/mol. The fourth-order valence-corrected chi connectivity index (χ4v) is 2.69. The van der Waals surface area contributed by atoms with Crippen LogP contribution in [0.5, 0.6) is 0 Å². The Balaban J connectivity index is 1.67. The Hall–Kier alpha value is -2.14. The average molecular weight is 284 g/mol. The van der Waals surface area contributed by atoms with Gasteiger partial charge in [0.1, 0.15) is 0 Å². The fourth-order valence-electron chi connectivity index (χ4n) is 2.69. The largest absolute Gasteiger partial charge is 0.360 e. The van der Waals surface area contributed by atoms with E-state index in [1.807, 2.05) is 24.3 Å². The first kappa shape index (κ1) is 13.8. The molecule has 0 aliphatic carbocycles. The van der Waals surface area contributed by atoms with Gasteiger partial charge in [0.25, 0.3) is 5.91 Å². The van der Waals surface area contributed by atoms with E-state index in [4.69, 9.17) is 0 Å². The summed E-state index contributed by atoms with van der Waals surface area (Å²) in [6.07, 6.45) is 3.60. The summed E-state index contributed by atoms with van der Waals surface area (Å²) < 4.78 is 0. The molecule has 1 amide bonds. The lowest BCUT2D eigenvalue weighted by molar-refractivity contribution is 0.0956. The molecule has 0 unspecified atom stereocenters. The van der Waals surface area contributed by atoms with Crippen LogP contribution in [0.15, 0.2) is 35.6 Å². The maximum atomic E-state index is 12.2. The predicted octanol–water partition coefficient (Wildman–Crippen LogP) is 2.37. The van der Waals surface area contributed by atoms with Crippen molar-refractivity contribution >= 4 is 22.5 Å². The van der Waals surface area contributed by atoms with Crippen LogP contribution in [0.3, 0.4) is 0 Å². The Labute approximate surface area is 124 Å². The van der Waals surface area contributed by atoms with Crippen molar-refractivity contribution in [3.8, 4) is 0 Å². The van der Waals surface area contributed by atoms with Gasteiger partial charge in [-0.25, -0.2) is 5.43 Å². The third-order valence-corrected chi connectivity index (χ3v) is 4.03. The van der Waals surface area contributed by atoms with Crippen molar-refractivity contribution in [2.75, 3.05) is 19.6 Å². The molecule has 3 rings (SSSR count).